The van der Waals surface area contributed by atoms with Crippen molar-refractivity contribution in [3.05, 3.63) is 36.7 Å². The number of hydrogen-bond acceptors (Lipinski definition) is 3. The van der Waals surface area contributed by atoms with Gasteiger partial charge in [-0.2, -0.15) is 0 Å². The molecule has 0 saturated carbocycles. The maximum atomic E-state index is 12.0. The number of nitrogens with one attached hydrogen (secondary N) is 1. The summed E-state index contributed by atoms with van der Waals surface area (Å²) in [6.07, 6.45) is 4.91. The van der Waals surface area contributed by atoms with Gasteiger partial charge in [-0.15, -0.1) is 0 Å². The third-order valence-corrected chi connectivity index (χ3v) is 3.34. The Morgan fingerprint density at radius 3 is 3.00 bits per heavy atom. The van der Waals surface area contributed by atoms with Crippen LogP contribution in [0.1, 0.15) is 19.8 Å². The first-order valence-corrected chi connectivity index (χ1v) is 6.57. The molecule has 0 fully saturated rings. The Bertz CT molecular complexity index is 559. The van der Waals surface area contributed by atoms with Gasteiger partial charge >= 0.3 is 0 Å². The molecule has 1 heterocycles. The smallest absolute Gasteiger partial charge is 0.224 e. The molecule has 0 bridgehead atoms. The van der Waals surface area contributed by atoms with E-state index in [4.69, 9.17) is 5.73 Å². The molecule has 0 spiro atoms. The number of carbonyl (C=O) groups excluding carboxylic acids is 1. The van der Waals surface area contributed by atoms with E-state index in [2.05, 4.69) is 10.3 Å². The summed E-state index contributed by atoms with van der Waals surface area (Å²) in [4.78, 5) is 16.1. The second-order valence-electron chi connectivity index (χ2n) is 4.66. The molecule has 0 aliphatic rings. The number of anilines is 1. The zero-order valence-corrected chi connectivity index (χ0v) is 11.1. The second kappa shape index (κ2) is 6.29. The summed E-state index contributed by atoms with van der Waals surface area (Å²) >= 11 is 0. The van der Waals surface area contributed by atoms with Crippen LogP contribution in [0.2, 0.25) is 0 Å². The van der Waals surface area contributed by atoms with Gasteiger partial charge in [-0.05, 0) is 24.6 Å². The van der Waals surface area contributed by atoms with E-state index in [1.807, 2.05) is 31.2 Å². The highest BCUT2D eigenvalue weighted by Gasteiger charge is 2.11. The van der Waals surface area contributed by atoms with Crippen LogP contribution in [0, 0.1) is 5.92 Å². The summed E-state index contributed by atoms with van der Waals surface area (Å²) < 4.78 is 0. The lowest BCUT2D eigenvalue weighted by atomic mass is 10.0. The molecule has 19 heavy (non-hydrogen) atoms. The molecule has 1 unspecified atom stereocenters. The Morgan fingerprint density at radius 1 is 1.42 bits per heavy atom. The maximum absolute atomic E-state index is 12.0. The highest BCUT2D eigenvalue weighted by Crippen LogP contribution is 2.22. The number of carbonyl (C=O) groups is 1. The average Bonchev–Trinajstić information content (AvgIpc) is 2.45. The third-order valence-electron chi connectivity index (χ3n) is 3.34. The van der Waals surface area contributed by atoms with Crippen LogP contribution in [0.3, 0.4) is 0 Å². The number of rotatable bonds is 5. The maximum Gasteiger partial charge on any atom is 0.224 e. The van der Waals surface area contributed by atoms with Crippen LogP contribution in [0.4, 0.5) is 5.69 Å². The van der Waals surface area contributed by atoms with Crippen molar-refractivity contribution < 1.29 is 4.79 Å². The quantitative estimate of drug-likeness (QED) is 0.865. The number of aromatic nitrogens is 1. The zero-order valence-electron chi connectivity index (χ0n) is 11.1. The van der Waals surface area contributed by atoms with Gasteiger partial charge < -0.3 is 11.1 Å². The summed E-state index contributed by atoms with van der Waals surface area (Å²) in [5.74, 6) is 0.262. The molecule has 1 aromatic heterocycles. The average molecular weight is 257 g/mol. The van der Waals surface area contributed by atoms with Crippen molar-refractivity contribution in [1.29, 1.82) is 0 Å². The van der Waals surface area contributed by atoms with Crippen molar-refractivity contribution in [3.63, 3.8) is 0 Å². The van der Waals surface area contributed by atoms with Crippen LogP contribution in [0.25, 0.3) is 10.8 Å². The number of benzene rings is 1. The lowest BCUT2D eigenvalue weighted by Crippen LogP contribution is -2.21. The highest BCUT2D eigenvalue weighted by molar-refractivity contribution is 6.01. The van der Waals surface area contributed by atoms with Crippen molar-refractivity contribution in [3.8, 4) is 0 Å². The Balaban J connectivity index is 2.15. The molecule has 1 atom stereocenters. The Hall–Kier alpha value is -1.94. The van der Waals surface area contributed by atoms with Gasteiger partial charge in [-0.3, -0.25) is 9.78 Å². The molecule has 4 nitrogen and oxygen atoms in total. The van der Waals surface area contributed by atoms with E-state index < -0.39 is 0 Å². The molecule has 2 aromatic rings. The topological polar surface area (TPSA) is 68.0 Å². The van der Waals surface area contributed by atoms with Crippen molar-refractivity contribution >= 4 is 22.4 Å². The van der Waals surface area contributed by atoms with Crippen LogP contribution < -0.4 is 11.1 Å². The van der Waals surface area contributed by atoms with Gasteiger partial charge in [0, 0.05) is 35.3 Å². The fourth-order valence-electron chi connectivity index (χ4n) is 2.09. The molecule has 0 saturated heterocycles. The van der Waals surface area contributed by atoms with Crippen LogP contribution in [-0.4, -0.2) is 17.4 Å². The second-order valence-corrected chi connectivity index (χ2v) is 4.66. The summed E-state index contributed by atoms with van der Waals surface area (Å²) in [5.41, 5.74) is 6.46. The lowest BCUT2D eigenvalue weighted by molar-refractivity contribution is -0.117. The van der Waals surface area contributed by atoms with Gasteiger partial charge in [0.15, 0.2) is 0 Å². The summed E-state index contributed by atoms with van der Waals surface area (Å²) in [6, 6.07) is 7.71. The van der Waals surface area contributed by atoms with E-state index in [9.17, 15) is 4.79 Å². The first kappa shape index (κ1) is 13.5. The van der Waals surface area contributed by atoms with E-state index in [0.29, 0.717) is 13.0 Å². The Morgan fingerprint density at radius 2 is 2.26 bits per heavy atom. The first-order valence-electron chi connectivity index (χ1n) is 6.57. The normalized spacial score (nSPS) is 12.3. The van der Waals surface area contributed by atoms with E-state index in [1.54, 1.807) is 12.4 Å². The highest BCUT2D eigenvalue weighted by atomic mass is 16.1. The SMILES string of the molecule is CCC(CN)CC(=O)Nc1cccc2cnccc12. The molecule has 0 aliphatic carbocycles. The monoisotopic (exact) mass is 257 g/mol. The van der Waals surface area contributed by atoms with Gasteiger partial charge in [0.25, 0.3) is 0 Å². The molecule has 4 heteroatoms. The minimum atomic E-state index is 0.0154. The van der Waals surface area contributed by atoms with E-state index >= 15 is 0 Å². The standard InChI is InChI=1S/C15H19N3O/c1-2-11(9-16)8-15(19)18-14-5-3-4-12-10-17-7-6-13(12)14/h3-7,10-11H,2,8-9,16H2,1H3,(H,18,19). The molecule has 0 aliphatic heterocycles. The van der Waals surface area contributed by atoms with Gasteiger partial charge in [-0.1, -0.05) is 25.5 Å². The molecular weight excluding hydrogens is 238 g/mol. The fraction of sp³-hybridized carbons (Fsp3) is 0.333. The predicted molar refractivity (Wildman–Crippen MR) is 77.8 cm³/mol. The Labute approximate surface area is 113 Å². The van der Waals surface area contributed by atoms with Crippen LogP contribution in [0.15, 0.2) is 36.7 Å². The van der Waals surface area contributed by atoms with E-state index in [0.717, 1.165) is 22.9 Å². The predicted octanol–water partition coefficient (Wildman–Crippen LogP) is 2.55. The minimum absolute atomic E-state index is 0.0154. The molecule has 3 N–H and O–H groups in total. The molecule has 1 amide bonds. The molecule has 100 valence electrons. The number of nitrogens with zero attached hydrogens (tertiary/aromatic N) is 1. The summed E-state index contributed by atoms with van der Waals surface area (Å²) in [7, 11) is 0. The van der Waals surface area contributed by atoms with Crippen molar-refractivity contribution in [2.75, 3.05) is 11.9 Å². The minimum Gasteiger partial charge on any atom is -0.330 e. The molecule has 0 radical (unpaired) electrons. The van der Waals surface area contributed by atoms with Crippen LogP contribution in [0.5, 0.6) is 0 Å². The van der Waals surface area contributed by atoms with Crippen molar-refractivity contribution in [2.45, 2.75) is 19.8 Å². The third kappa shape index (κ3) is 3.29. The fourth-order valence-corrected chi connectivity index (χ4v) is 2.09. The van der Waals surface area contributed by atoms with Crippen molar-refractivity contribution in [2.24, 2.45) is 11.7 Å². The number of hydrogen-bond donors (Lipinski definition) is 2. The number of nitrogens with two attached hydrogens (primary N) is 1. The summed E-state index contributed by atoms with van der Waals surface area (Å²) in [5, 5.41) is 4.99. The lowest BCUT2D eigenvalue weighted by Gasteiger charge is -2.13. The van der Waals surface area contributed by atoms with E-state index in [1.165, 1.54) is 0 Å². The molecule has 1 aromatic carbocycles. The number of fused-ring (bicyclic) bond motifs is 1. The van der Waals surface area contributed by atoms with Gasteiger partial charge in [0.2, 0.25) is 5.91 Å². The van der Waals surface area contributed by atoms with Gasteiger partial charge in [0.05, 0.1) is 0 Å². The summed E-state index contributed by atoms with van der Waals surface area (Å²) in [6.45, 7) is 2.60. The van der Waals surface area contributed by atoms with E-state index in [-0.39, 0.29) is 11.8 Å². The molecule has 2 rings (SSSR count). The van der Waals surface area contributed by atoms with Gasteiger partial charge in [0.1, 0.15) is 0 Å². The van der Waals surface area contributed by atoms with Crippen LogP contribution in [-0.2, 0) is 4.79 Å². The number of pyridine rings is 1. The largest absolute Gasteiger partial charge is 0.330 e. The van der Waals surface area contributed by atoms with Crippen molar-refractivity contribution in [1.82, 2.24) is 4.98 Å². The number of amides is 1. The molecular formula is C15H19N3O. The van der Waals surface area contributed by atoms with Gasteiger partial charge in [-0.25, -0.2) is 0 Å². The first-order chi connectivity index (χ1) is 9.24. The zero-order chi connectivity index (χ0) is 13.7. The van der Waals surface area contributed by atoms with Crippen LogP contribution >= 0.6 is 0 Å². The Kier molecular flexibility index (Phi) is 4.47.